The summed E-state index contributed by atoms with van der Waals surface area (Å²) in [4.78, 5) is 9.27. The first-order valence-electron chi connectivity index (χ1n) is 13.1. The molecule has 4 aromatic rings. The minimum Gasteiger partial charge on any atom is -0.357 e. The Kier molecular flexibility index (Phi) is 5.76. The molecule has 6 rings (SSSR count). The standard InChI is InChI=1S/C31H34N2/c1-5-13-22(14-6-1)26-21-32-29(24-17-9-3-10-18-24)28-27(23-15-7-2-8-16-23)30(33-31(26)28)25-19-11-4-12-20-25/h1-2,5-8,13-16,21,24-25,33H,3-4,9-12,17-20H2. The summed E-state index contributed by atoms with van der Waals surface area (Å²) in [7, 11) is 0. The SMILES string of the molecule is c1ccc(-c2cnc(C3CCCCC3)c3c(-c4ccccc4)c(C4CCCCC4)[nH]c23)cc1. The maximum atomic E-state index is 5.23. The number of nitrogens with one attached hydrogen (secondary N) is 1. The highest BCUT2D eigenvalue weighted by Gasteiger charge is 2.29. The predicted octanol–water partition coefficient (Wildman–Crippen LogP) is 8.99. The van der Waals surface area contributed by atoms with Crippen molar-refractivity contribution in [1.29, 1.82) is 0 Å². The van der Waals surface area contributed by atoms with Crippen molar-refractivity contribution in [3.8, 4) is 22.3 Å². The van der Waals surface area contributed by atoms with Crippen LogP contribution >= 0.6 is 0 Å². The molecule has 2 fully saturated rings. The number of benzene rings is 2. The maximum absolute atomic E-state index is 5.23. The summed E-state index contributed by atoms with van der Waals surface area (Å²) in [6.07, 6.45) is 15.4. The molecule has 2 aliphatic carbocycles. The van der Waals surface area contributed by atoms with E-state index >= 15 is 0 Å². The smallest absolute Gasteiger partial charge is 0.0576 e. The molecular weight excluding hydrogens is 400 g/mol. The fourth-order valence-electron chi connectivity index (χ4n) is 6.36. The van der Waals surface area contributed by atoms with Crippen molar-refractivity contribution < 1.29 is 0 Å². The van der Waals surface area contributed by atoms with E-state index in [0.717, 1.165) is 0 Å². The highest BCUT2D eigenvalue weighted by molar-refractivity contribution is 6.05. The molecule has 0 unspecified atom stereocenters. The van der Waals surface area contributed by atoms with E-state index in [1.807, 2.05) is 0 Å². The van der Waals surface area contributed by atoms with Crippen LogP contribution in [0.4, 0.5) is 0 Å². The molecule has 2 nitrogen and oxygen atoms in total. The second-order valence-corrected chi connectivity index (χ2v) is 10.1. The highest BCUT2D eigenvalue weighted by atomic mass is 14.8. The third-order valence-electron chi connectivity index (χ3n) is 8.04. The first-order chi connectivity index (χ1) is 16.4. The molecule has 1 N–H and O–H groups in total. The number of fused-ring (bicyclic) bond motifs is 1. The zero-order valence-corrected chi connectivity index (χ0v) is 19.5. The third-order valence-corrected chi connectivity index (χ3v) is 8.04. The first-order valence-corrected chi connectivity index (χ1v) is 13.1. The molecule has 2 heterocycles. The van der Waals surface area contributed by atoms with Gasteiger partial charge in [0.25, 0.3) is 0 Å². The van der Waals surface area contributed by atoms with Crippen LogP contribution in [-0.2, 0) is 0 Å². The molecule has 168 valence electrons. The number of hydrogen-bond acceptors (Lipinski definition) is 1. The van der Waals surface area contributed by atoms with Gasteiger partial charge in [0.05, 0.1) is 11.2 Å². The molecule has 0 saturated heterocycles. The monoisotopic (exact) mass is 434 g/mol. The van der Waals surface area contributed by atoms with Gasteiger partial charge in [0.1, 0.15) is 0 Å². The Hall–Kier alpha value is -2.87. The average Bonchev–Trinajstić information content (AvgIpc) is 3.31. The molecule has 0 spiro atoms. The van der Waals surface area contributed by atoms with E-state index in [0.29, 0.717) is 11.8 Å². The zero-order valence-electron chi connectivity index (χ0n) is 19.5. The molecule has 2 saturated carbocycles. The van der Waals surface area contributed by atoms with Crippen LogP contribution in [-0.4, -0.2) is 9.97 Å². The van der Waals surface area contributed by atoms with Crippen LogP contribution in [0.3, 0.4) is 0 Å². The number of rotatable bonds is 4. The number of pyridine rings is 1. The van der Waals surface area contributed by atoms with Gasteiger partial charge in [-0.2, -0.15) is 0 Å². The van der Waals surface area contributed by atoms with Gasteiger partial charge in [-0.25, -0.2) is 0 Å². The Morgan fingerprint density at radius 2 is 1.21 bits per heavy atom. The van der Waals surface area contributed by atoms with E-state index in [9.17, 15) is 0 Å². The van der Waals surface area contributed by atoms with Crippen LogP contribution in [0.5, 0.6) is 0 Å². The second-order valence-electron chi connectivity index (χ2n) is 10.1. The van der Waals surface area contributed by atoms with Crippen molar-refractivity contribution in [2.45, 2.75) is 76.0 Å². The lowest BCUT2D eigenvalue weighted by molar-refractivity contribution is 0.438. The zero-order chi connectivity index (χ0) is 22.0. The Labute approximate surface area is 197 Å². The quantitative estimate of drug-likeness (QED) is 0.341. The van der Waals surface area contributed by atoms with Crippen LogP contribution in [0.15, 0.2) is 66.9 Å². The third kappa shape index (κ3) is 3.90. The molecular formula is C31H34N2. The van der Waals surface area contributed by atoms with E-state index in [1.165, 1.54) is 109 Å². The highest BCUT2D eigenvalue weighted by Crippen LogP contribution is 2.47. The molecule has 0 bridgehead atoms. The number of aromatic amines is 1. The Morgan fingerprint density at radius 1 is 0.636 bits per heavy atom. The lowest BCUT2D eigenvalue weighted by Crippen LogP contribution is -2.08. The fourth-order valence-corrected chi connectivity index (χ4v) is 6.36. The number of H-pyrrole nitrogens is 1. The molecule has 0 aliphatic heterocycles. The molecule has 2 heteroatoms. The van der Waals surface area contributed by atoms with Gasteiger partial charge in [-0.05, 0) is 42.7 Å². The van der Waals surface area contributed by atoms with Crippen LogP contribution < -0.4 is 0 Å². The normalized spacial score (nSPS) is 18.1. The van der Waals surface area contributed by atoms with Gasteiger partial charge in [0.15, 0.2) is 0 Å². The Bertz CT molecular complexity index is 1210. The summed E-state index contributed by atoms with van der Waals surface area (Å²) < 4.78 is 0. The first kappa shape index (κ1) is 20.7. The van der Waals surface area contributed by atoms with E-state index in [-0.39, 0.29) is 0 Å². The van der Waals surface area contributed by atoms with Gasteiger partial charge in [-0.3, -0.25) is 4.98 Å². The molecule has 0 radical (unpaired) electrons. The van der Waals surface area contributed by atoms with Crippen LogP contribution in [0.2, 0.25) is 0 Å². The number of aromatic nitrogens is 2. The van der Waals surface area contributed by atoms with E-state index in [4.69, 9.17) is 4.98 Å². The molecule has 0 atom stereocenters. The molecule has 2 aliphatic rings. The molecule has 0 amide bonds. The summed E-state index contributed by atoms with van der Waals surface area (Å²) >= 11 is 0. The summed E-state index contributed by atoms with van der Waals surface area (Å²) in [5.74, 6) is 1.19. The predicted molar refractivity (Wildman–Crippen MR) is 139 cm³/mol. The topological polar surface area (TPSA) is 28.7 Å². The fraction of sp³-hybridized carbons (Fsp3) is 0.387. The van der Waals surface area contributed by atoms with E-state index < -0.39 is 0 Å². The van der Waals surface area contributed by atoms with Crippen molar-refractivity contribution in [2.24, 2.45) is 0 Å². The lowest BCUT2D eigenvalue weighted by atomic mass is 9.81. The van der Waals surface area contributed by atoms with Crippen molar-refractivity contribution in [1.82, 2.24) is 9.97 Å². The largest absolute Gasteiger partial charge is 0.357 e. The van der Waals surface area contributed by atoms with Crippen LogP contribution in [0.25, 0.3) is 33.2 Å². The second kappa shape index (κ2) is 9.17. The van der Waals surface area contributed by atoms with Gasteiger partial charge >= 0.3 is 0 Å². The van der Waals surface area contributed by atoms with Crippen molar-refractivity contribution in [3.05, 3.63) is 78.2 Å². The van der Waals surface area contributed by atoms with Gasteiger partial charge in [0, 0.05) is 34.3 Å². The van der Waals surface area contributed by atoms with Crippen molar-refractivity contribution >= 4 is 10.9 Å². The average molecular weight is 435 g/mol. The summed E-state index contributed by atoms with van der Waals surface area (Å²) in [6.45, 7) is 0. The summed E-state index contributed by atoms with van der Waals surface area (Å²) in [5.41, 5.74) is 9.36. The summed E-state index contributed by atoms with van der Waals surface area (Å²) in [6, 6.07) is 21.9. The minimum atomic E-state index is 0.573. The number of nitrogens with zero attached hydrogens (tertiary/aromatic N) is 1. The van der Waals surface area contributed by atoms with Crippen LogP contribution in [0, 0.1) is 0 Å². The molecule has 2 aromatic heterocycles. The van der Waals surface area contributed by atoms with Crippen molar-refractivity contribution in [2.75, 3.05) is 0 Å². The Balaban J connectivity index is 1.65. The van der Waals surface area contributed by atoms with Gasteiger partial charge in [0.2, 0.25) is 0 Å². The van der Waals surface area contributed by atoms with E-state index in [1.54, 1.807) is 0 Å². The lowest BCUT2D eigenvalue weighted by Gasteiger charge is -2.24. The van der Waals surface area contributed by atoms with Crippen molar-refractivity contribution in [3.63, 3.8) is 0 Å². The maximum Gasteiger partial charge on any atom is 0.0576 e. The molecule has 33 heavy (non-hydrogen) atoms. The van der Waals surface area contributed by atoms with Gasteiger partial charge in [-0.15, -0.1) is 0 Å². The number of hydrogen-bond donors (Lipinski definition) is 1. The van der Waals surface area contributed by atoms with Gasteiger partial charge in [-0.1, -0.05) is 99.2 Å². The van der Waals surface area contributed by atoms with Crippen LogP contribution in [0.1, 0.15) is 87.4 Å². The van der Waals surface area contributed by atoms with Gasteiger partial charge < -0.3 is 4.98 Å². The minimum absolute atomic E-state index is 0.573. The van der Waals surface area contributed by atoms with E-state index in [2.05, 4.69) is 71.8 Å². The summed E-state index contributed by atoms with van der Waals surface area (Å²) in [5, 5.41) is 1.40. The Morgan fingerprint density at radius 3 is 1.85 bits per heavy atom. The molecule has 2 aromatic carbocycles.